The summed E-state index contributed by atoms with van der Waals surface area (Å²) in [6.45, 7) is 6.32. The molecule has 1 aromatic carbocycles. The Balaban J connectivity index is 1.60. The average Bonchev–Trinajstić information content (AvgIpc) is 3.08. The van der Waals surface area contributed by atoms with Gasteiger partial charge in [0.15, 0.2) is 0 Å². The van der Waals surface area contributed by atoms with E-state index in [1.807, 2.05) is 35.6 Å². The Hall–Kier alpha value is -2.25. The van der Waals surface area contributed by atoms with Gasteiger partial charge < -0.3 is 10.2 Å². The van der Waals surface area contributed by atoms with E-state index in [2.05, 4.69) is 10.2 Å². The minimum absolute atomic E-state index is 0.0468. The molecule has 0 aliphatic carbocycles. The van der Waals surface area contributed by atoms with E-state index in [0.29, 0.717) is 25.3 Å². The van der Waals surface area contributed by atoms with Crippen LogP contribution in [0.1, 0.15) is 29.3 Å². The Bertz CT molecular complexity index is 810. The van der Waals surface area contributed by atoms with Gasteiger partial charge in [0.05, 0.1) is 11.6 Å². The van der Waals surface area contributed by atoms with Crippen molar-refractivity contribution in [3.63, 3.8) is 0 Å². The summed E-state index contributed by atoms with van der Waals surface area (Å²) in [5, 5.41) is 6.59. The number of thiophene rings is 1. The number of hydrogen-bond donors (Lipinski definition) is 1. The molecule has 0 spiro atoms. The first kappa shape index (κ1) is 19.5. The number of rotatable bonds is 4. The van der Waals surface area contributed by atoms with Crippen LogP contribution < -0.4 is 5.32 Å². The maximum atomic E-state index is 13.4. The molecule has 0 bridgehead atoms. The van der Waals surface area contributed by atoms with Crippen LogP contribution in [0, 0.1) is 12.7 Å². The van der Waals surface area contributed by atoms with Crippen molar-refractivity contribution in [1.29, 1.82) is 0 Å². The molecule has 27 heavy (non-hydrogen) atoms. The van der Waals surface area contributed by atoms with Crippen molar-refractivity contribution in [1.82, 2.24) is 9.80 Å². The molecule has 1 aliphatic heterocycles. The summed E-state index contributed by atoms with van der Waals surface area (Å²) in [7, 11) is 0. The molecule has 0 radical (unpaired) electrons. The van der Waals surface area contributed by atoms with Crippen LogP contribution in [0.25, 0.3) is 0 Å². The fourth-order valence-corrected chi connectivity index (χ4v) is 3.86. The molecule has 2 aromatic rings. The fraction of sp³-hybridized carbons (Fsp3) is 0.400. The molecule has 1 fully saturated rings. The van der Waals surface area contributed by atoms with Gasteiger partial charge in [-0.25, -0.2) is 4.39 Å². The molecule has 144 valence electrons. The lowest BCUT2D eigenvalue weighted by atomic mass is 10.1. The standard InChI is InChI=1S/C20H24FN3O2S/c1-14-4-5-17(21)12-18(14)22-19(25)15(2)23-7-3-8-24(10-9-23)20(26)16-6-11-27-13-16/h4-6,11-13,15H,3,7-10H2,1-2H3,(H,22,25). The third-order valence-electron chi connectivity index (χ3n) is 4.97. The summed E-state index contributed by atoms with van der Waals surface area (Å²) in [5.74, 6) is -0.493. The zero-order valence-electron chi connectivity index (χ0n) is 15.6. The van der Waals surface area contributed by atoms with Crippen LogP contribution in [0.15, 0.2) is 35.0 Å². The van der Waals surface area contributed by atoms with Crippen molar-refractivity contribution in [2.75, 3.05) is 31.5 Å². The quantitative estimate of drug-likeness (QED) is 0.872. The Kier molecular flexibility index (Phi) is 6.23. The Morgan fingerprint density at radius 1 is 1.19 bits per heavy atom. The van der Waals surface area contributed by atoms with Gasteiger partial charge in [0.1, 0.15) is 5.82 Å². The second kappa shape index (κ2) is 8.63. The van der Waals surface area contributed by atoms with Crippen LogP contribution in [0.5, 0.6) is 0 Å². The second-order valence-corrected chi connectivity index (χ2v) is 7.60. The van der Waals surface area contributed by atoms with Crippen LogP contribution in [0.3, 0.4) is 0 Å². The second-order valence-electron chi connectivity index (χ2n) is 6.82. The molecule has 1 atom stereocenters. The van der Waals surface area contributed by atoms with Gasteiger partial charge in [-0.2, -0.15) is 11.3 Å². The lowest BCUT2D eigenvalue weighted by molar-refractivity contribution is -0.120. The molecule has 7 heteroatoms. The number of nitrogens with zero attached hydrogens (tertiary/aromatic N) is 2. The number of nitrogens with one attached hydrogen (secondary N) is 1. The normalized spacial score (nSPS) is 16.6. The van der Waals surface area contributed by atoms with Gasteiger partial charge in [-0.15, -0.1) is 0 Å². The first-order valence-corrected chi connectivity index (χ1v) is 10.0. The number of aryl methyl sites for hydroxylation is 1. The first-order chi connectivity index (χ1) is 13.0. The number of anilines is 1. The highest BCUT2D eigenvalue weighted by atomic mass is 32.1. The molecule has 1 aromatic heterocycles. The number of benzene rings is 1. The molecule has 1 N–H and O–H groups in total. The molecule has 3 rings (SSSR count). The Morgan fingerprint density at radius 2 is 2.00 bits per heavy atom. The molecular weight excluding hydrogens is 365 g/mol. The summed E-state index contributed by atoms with van der Waals surface area (Å²) < 4.78 is 13.4. The van der Waals surface area contributed by atoms with E-state index in [0.717, 1.165) is 24.1 Å². The summed E-state index contributed by atoms with van der Waals surface area (Å²) in [4.78, 5) is 29.1. The molecule has 5 nitrogen and oxygen atoms in total. The van der Waals surface area contributed by atoms with Crippen molar-refractivity contribution in [3.8, 4) is 0 Å². The van der Waals surface area contributed by atoms with E-state index in [4.69, 9.17) is 0 Å². The van der Waals surface area contributed by atoms with Crippen LogP contribution in [-0.4, -0.2) is 53.8 Å². The van der Waals surface area contributed by atoms with Gasteiger partial charge in [0.2, 0.25) is 5.91 Å². The predicted octanol–water partition coefficient (Wildman–Crippen LogP) is 3.37. The molecule has 2 amide bonds. The van der Waals surface area contributed by atoms with Crippen molar-refractivity contribution in [3.05, 3.63) is 52.0 Å². The number of carbonyl (C=O) groups is 2. The van der Waals surface area contributed by atoms with Crippen molar-refractivity contribution < 1.29 is 14.0 Å². The maximum absolute atomic E-state index is 13.4. The van der Waals surface area contributed by atoms with E-state index in [1.54, 1.807) is 6.07 Å². The number of amides is 2. The maximum Gasteiger partial charge on any atom is 0.254 e. The fourth-order valence-electron chi connectivity index (χ4n) is 3.23. The third-order valence-corrected chi connectivity index (χ3v) is 5.65. The van der Waals surface area contributed by atoms with E-state index in [1.165, 1.54) is 23.5 Å². The topological polar surface area (TPSA) is 52.7 Å². The number of halogens is 1. The van der Waals surface area contributed by atoms with Gasteiger partial charge in [-0.3, -0.25) is 14.5 Å². The van der Waals surface area contributed by atoms with E-state index < -0.39 is 0 Å². The van der Waals surface area contributed by atoms with Crippen LogP contribution in [0.2, 0.25) is 0 Å². The van der Waals surface area contributed by atoms with Crippen molar-refractivity contribution in [2.45, 2.75) is 26.3 Å². The predicted molar refractivity (Wildman–Crippen MR) is 106 cm³/mol. The highest BCUT2D eigenvalue weighted by Crippen LogP contribution is 2.18. The average molecular weight is 389 g/mol. The Morgan fingerprint density at radius 3 is 2.74 bits per heavy atom. The van der Waals surface area contributed by atoms with Gasteiger partial charge in [-0.05, 0) is 49.4 Å². The molecule has 1 unspecified atom stereocenters. The largest absolute Gasteiger partial charge is 0.337 e. The minimum atomic E-state index is -0.374. The molecule has 1 saturated heterocycles. The third kappa shape index (κ3) is 4.73. The van der Waals surface area contributed by atoms with E-state index >= 15 is 0 Å². The van der Waals surface area contributed by atoms with Gasteiger partial charge in [-0.1, -0.05) is 6.07 Å². The monoisotopic (exact) mass is 389 g/mol. The van der Waals surface area contributed by atoms with E-state index in [-0.39, 0.29) is 23.7 Å². The molecule has 2 heterocycles. The van der Waals surface area contributed by atoms with Crippen LogP contribution in [0.4, 0.5) is 10.1 Å². The molecule has 0 saturated carbocycles. The highest BCUT2D eigenvalue weighted by Gasteiger charge is 2.26. The van der Waals surface area contributed by atoms with Gasteiger partial charge in [0.25, 0.3) is 5.91 Å². The summed E-state index contributed by atoms with van der Waals surface area (Å²) >= 11 is 1.51. The zero-order valence-corrected chi connectivity index (χ0v) is 16.4. The Labute approximate surface area is 162 Å². The van der Waals surface area contributed by atoms with Crippen molar-refractivity contribution >= 4 is 28.8 Å². The molecular formula is C20H24FN3O2S. The van der Waals surface area contributed by atoms with Gasteiger partial charge in [0, 0.05) is 37.2 Å². The lowest BCUT2D eigenvalue weighted by Crippen LogP contribution is -2.44. The number of carbonyl (C=O) groups excluding carboxylic acids is 2. The summed E-state index contributed by atoms with van der Waals surface area (Å²) in [6, 6.07) is 5.85. The lowest BCUT2D eigenvalue weighted by Gasteiger charge is -2.27. The SMILES string of the molecule is Cc1ccc(F)cc1NC(=O)C(C)N1CCCN(C(=O)c2ccsc2)CC1. The summed E-state index contributed by atoms with van der Waals surface area (Å²) in [6.07, 6.45) is 0.812. The summed E-state index contributed by atoms with van der Waals surface area (Å²) in [5.41, 5.74) is 2.04. The van der Waals surface area contributed by atoms with Crippen LogP contribution >= 0.6 is 11.3 Å². The number of hydrogen-bond acceptors (Lipinski definition) is 4. The first-order valence-electron chi connectivity index (χ1n) is 9.08. The van der Waals surface area contributed by atoms with E-state index in [9.17, 15) is 14.0 Å². The van der Waals surface area contributed by atoms with Crippen molar-refractivity contribution in [2.24, 2.45) is 0 Å². The zero-order chi connectivity index (χ0) is 19.4. The van der Waals surface area contributed by atoms with Gasteiger partial charge >= 0.3 is 0 Å². The van der Waals surface area contributed by atoms with Crippen LogP contribution in [-0.2, 0) is 4.79 Å². The molecule has 1 aliphatic rings. The smallest absolute Gasteiger partial charge is 0.254 e. The highest BCUT2D eigenvalue weighted by molar-refractivity contribution is 7.08. The minimum Gasteiger partial charge on any atom is -0.337 e.